The molecule has 1 saturated carbocycles. The summed E-state index contributed by atoms with van der Waals surface area (Å²) in [5, 5.41) is 13.4. The molecule has 2 fully saturated rings. The van der Waals surface area contributed by atoms with Gasteiger partial charge in [0.2, 0.25) is 0 Å². The molecule has 0 aromatic rings. The Morgan fingerprint density at radius 2 is 2.00 bits per heavy atom. The van der Waals surface area contributed by atoms with Crippen LogP contribution in [0.15, 0.2) is 0 Å². The Labute approximate surface area is 131 Å². The summed E-state index contributed by atoms with van der Waals surface area (Å²) in [6.07, 6.45) is 5.32. The van der Waals surface area contributed by atoms with Gasteiger partial charge in [0.05, 0.1) is 6.61 Å². The number of likely N-dealkylation sites (tertiary alicyclic amines) is 1. The monoisotopic (exact) mass is 296 g/mol. The SMILES string of the molecule is CCNC1CCC(C(C)C)CC1CN1CCC(C)C1CO. The smallest absolute Gasteiger partial charge is 0.0589 e. The van der Waals surface area contributed by atoms with Crippen molar-refractivity contribution in [2.24, 2.45) is 23.7 Å². The summed E-state index contributed by atoms with van der Waals surface area (Å²) < 4.78 is 0. The van der Waals surface area contributed by atoms with Gasteiger partial charge in [-0.05, 0) is 62.4 Å². The maximum Gasteiger partial charge on any atom is 0.0589 e. The Hall–Kier alpha value is -0.120. The van der Waals surface area contributed by atoms with Crippen LogP contribution in [0.4, 0.5) is 0 Å². The average molecular weight is 296 g/mol. The van der Waals surface area contributed by atoms with Gasteiger partial charge in [0.25, 0.3) is 0 Å². The van der Waals surface area contributed by atoms with Crippen molar-refractivity contribution >= 4 is 0 Å². The fourth-order valence-electron chi connectivity index (χ4n) is 4.55. The molecule has 0 aromatic carbocycles. The van der Waals surface area contributed by atoms with Crippen molar-refractivity contribution in [3.63, 3.8) is 0 Å². The molecule has 21 heavy (non-hydrogen) atoms. The maximum atomic E-state index is 9.69. The molecule has 1 aliphatic carbocycles. The Bertz CT molecular complexity index is 308. The predicted molar refractivity (Wildman–Crippen MR) is 89.4 cm³/mol. The second-order valence-electron chi connectivity index (χ2n) is 7.75. The van der Waals surface area contributed by atoms with Crippen molar-refractivity contribution in [3.8, 4) is 0 Å². The van der Waals surface area contributed by atoms with Crippen molar-refractivity contribution in [1.82, 2.24) is 10.2 Å². The van der Waals surface area contributed by atoms with Gasteiger partial charge in [-0.3, -0.25) is 4.90 Å². The van der Waals surface area contributed by atoms with E-state index < -0.39 is 0 Å². The van der Waals surface area contributed by atoms with E-state index in [0.717, 1.165) is 24.3 Å². The molecule has 2 aliphatic rings. The van der Waals surface area contributed by atoms with Crippen LogP contribution in [0.1, 0.15) is 53.4 Å². The molecular weight excluding hydrogens is 260 g/mol. The summed E-state index contributed by atoms with van der Waals surface area (Å²) in [7, 11) is 0. The third-order valence-corrected chi connectivity index (χ3v) is 6.09. The molecule has 0 spiro atoms. The summed E-state index contributed by atoms with van der Waals surface area (Å²) >= 11 is 0. The number of aliphatic hydroxyl groups excluding tert-OH is 1. The topological polar surface area (TPSA) is 35.5 Å². The van der Waals surface area contributed by atoms with Crippen molar-refractivity contribution in [2.45, 2.75) is 65.5 Å². The van der Waals surface area contributed by atoms with Crippen LogP contribution >= 0.6 is 0 Å². The van der Waals surface area contributed by atoms with E-state index in [1.54, 1.807) is 0 Å². The fourth-order valence-corrected chi connectivity index (χ4v) is 4.55. The second kappa shape index (κ2) is 7.94. The van der Waals surface area contributed by atoms with Crippen LogP contribution in [-0.4, -0.2) is 48.3 Å². The van der Waals surface area contributed by atoms with Gasteiger partial charge in [-0.1, -0.05) is 27.7 Å². The van der Waals surface area contributed by atoms with Crippen molar-refractivity contribution in [3.05, 3.63) is 0 Å². The van der Waals surface area contributed by atoms with Crippen LogP contribution < -0.4 is 5.32 Å². The van der Waals surface area contributed by atoms with Gasteiger partial charge in [-0.15, -0.1) is 0 Å². The zero-order chi connectivity index (χ0) is 15.4. The van der Waals surface area contributed by atoms with Gasteiger partial charge < -0.3 is 10.4 Å². The standard InChI is InChI=1S/C18H36N2O/c1-5-19-17-7-6-15(13(2)3)10-16(17)11-20-9-8-14(4)18(20)12-21/h13-19,21H,5-12H2,1-4H3. The highest BCUT2D eigenvalue weighted by molar-refractivity contribution is 4.91. The van der Waals surface area contributed by atoms with Crippen LogP contribution in [0.3, 0.4) is 0 Å². The Balaban J connectivity index is 1.98. The normalized spacial score (nSPS) is 38.3. The Kier molecular flexibility index (Phi) is 6.51. The maximum absolute atomic E-state index is 9.69. The third-order valence-electron chi connectivity index (χ3n) is 6.09. The fraction of sp³-hybridized carbons (Fsp3) is 1.00. The predicted octanol–water partition coefficient (Wildman–Crippen LogP) is 2.74. The molecule has 3 nitrogen and oxygen atoms in total. The first kappa shape index (κ1) is 17.2. The molecule has 0 radical (unpaired) electrons. The van der Waals surface area contributed by atoms with E-state index >= 15 is 0 Å². The molecule has 3 heteroatoms. The first-order chi connectivity index (χ1) is 10.1. The highest BCUT2D eigenvalue weighted by atomic mass is 16.3. The third kappa shape index (κ3) is 4.20. The summed E-state index contributed by atoms with van der Waals surface area (Å²) in [4.78, 5) is 2.57. The molecule has 1 aliphatic heterocycles. The van der Waals surface area contributed by atoms with E-state index in [1.165, 1.54) is 38.8 Å². The van der Waals surface area contributed by atoms with E-state index in [-0.39, 0.29) is 0 Å². The minimum absolute atomic E-state index is 0.327. The van der Waals surface area contributed by atoms with E-state index in [4.69, 9.17) is 0 Å². The van der Waals surface area contributed by atoms with Crippen molar-refractivity contribution in [1.29, 1.82) is 0 Å². The summed E-state index contributed by atoms with van der Waals surface area (Å²) in [5.74, 6) is 3.10. The van der Waals surface area contributed by atoms with Crippen molar-refractivity contribution < 1.29 is 5.11 Å². The highest BCUT2D eigenvalue weighted by Crippen LogP contribution is 2.36. The van der Waals surface area contributed by atoms with E-state index in [1.807, 2.05) is 0 Å². The zero-order valence-corrected chi connectivity index (χ0v) is 14.5. The first-order valence-electron chi connectivity index (χ1n) is 9.15. The summed E-state index contributed by atoms with van der Waals surface area (Å²) in [5.41, 5.74) is 0. The minimum Gasteiger partial charge on any atom is -0.395 e. The van der Waals surface area contributed by atoms with Crippen LogP contribution in [0.25, 0.3) is 0 Å². The van der Waals surface area contributed by atoms with Gasteiger partial charge in [0, 0.05) is 18.6 Å². The average Bonchev–Trinajstić information content (AvgIpc) is 2.81. The van der Waals surface area contributed by atoms with Gasteiger partial charge in [0.1, 0.15) is 0 Å². The minimum atomic E-state index is 0.327. The lowest BCUT2D eigenvalue weighted by Crippen LogP contribution is -2.48. The number of hydrogen-bond acceptors (Lipinski definition) is 3. The van der Waals surface area contributed by atoms with Gasteiger partial charge in [-0.25, -0.2) is 0 Å². The lowest BCUT2D eigenvalue weighted by molar-refractivity contribution is 0.0858. The quantitative estimate of drug-likeness (QED) is 0.791. The van der Waals surface area contributed by atoms with E-state index in [2.05, 4.69) is 37.9 Å². The van der Waals surface area contributed by atoms with E-state index in [9.17, 15) is 5.11 Å². The number of nitrogens with zero attached hydrogens (tertiary/aromatic N) is 1. The van der Waals surface area contributed by atoms with Crippen LogP contribution in [0.5, 0.6) is 0 Å². The summed E-state index contributed by atoms with van der Waals surface area (Å²) in [6.45, 7) is 13.0. The lowest BCUT2D eigenvalue weighted by Gasteiger charge is -2.41. The number of hydrogen-bond donors (Lipinski definition) is 2. The van der Waals surface area contributed by atoms with Crippen LogP contribution in [-0.2, 0) is 0 Å². The molecule has 2 N–H and O–H groups in total. The number of aliphatic hydroxyl groups is 1. The molecular formula is C18H36N2O. The molecule has 0 amide bonds. The molecule has 5 atom stereocenters. The highest BCUT2D eigenvalue weighted by Gasteiger charge is 2.36. The molecule has 0 bridgehead atoms. The van der Waals surface area contributed by atoms with Crippen molar-refractivity contribution in [2.75, 3.05) is 26.2 Å². The van der Waals surface area contributed by atoms with Gasteiger partial charge >= 0.3 is 0 Å². The Morgan fingerprint density at radius 3 is 2.62 bits per heavy atom. The molecule has 1 heterocycles. The van der Waals surface area contributed by atoms with Crippen LogP contribution in [0.2, 0.25) is 0 Å². The Morgan fingerprint density at radius 1 is 1.24 bits per heavy atom. The number of rotatable bonds is 6. The van der Waals surface area contributed by atoms with Crippen LogP contribution in [0, 0.1) is 23.7 Å². The molecule has 124 valence electrons. The molecule has 1 saturated heterocycles. The summed E-state index contributed by atoms with van der Waals surface area (Å²) in [6, 6.07) is 1.08. The van der Waals surface area contributed by atoms with Gasteiger partial charge in [-0.2, -0.15) is 0 Å². The largest absolute Gasteiger partial charge is 0.395 e. The lowest BCUT2D eigenvalue weighted by atomic mass is 9.73. The number of nitrogens with one attached hydrogen (secondary N) is 1. The second-order valence-corrected chi connectivity index (χ2v) is 7.75. The molecule has 0 aromatic heterocycles. The zero-order valence-electron chi connectivity index (χ0n) is 14.5. The van der Waals surface area contributed by atoms with E-state index in [0.29, 0.717) is 24.6 Å². The molecule has 5 unspecified atom stereocenters. The first-order valence-corrected chi connectivity index (χ1v) is 9.15. The van der Waals surface area contributed by atoms with Gasteiger partial charge in [0.15, 0.2) is 0 Å². The molecule has 2 rings (SSSR count).